The van der Waals surface area contributed by atoms with Gasteiger partial charge in [0.15, 0.2) is 0 Å². The number of phosphoric acid groups is 1. The SMILES string of the molecule is CCCCCC/C=C/CC/C=C/C(O)C(COP(=O)(O)OCC[N+](C)(C)C)NC(=O)CCCCCCCCCCCCCCCCCCCCCCCCC. The van der Waals surface area contributed by atoms with Crippen molar-refractivity contribution in [3.63, 3.8) is 0 Å². The van der Waals surface area contributed by atoms with Gasteiger partial charge in [0.2, 0.25) is 5.91 Å². The van der Waals surface area contributed by atoms with Gasteiger partial charge in [-0.05, 0) is 32.1 Å². The van der Waals surface area contributed by atoms with Gasteiger partial charge in [0, 0.05) is 6.42 Å². The number of nitrogens with one attached hydrogen (secondary N) is 1. The monoisotopic (exact) mass is 800 g/mol. The first kappa shape index (κ1) is 54.0. The summed E-state index contributed by atoms with van der Waals surface area (Å²) >= 11 is 0. The highest BCUT2D eigenvalue weighted by Gasteiger charge is 2.27. The molecule has 0 spiro atoms. The molecule has 0 aromatic heterocycles. The normalized spacial score (nSPS) is 14.5. The quantitative estimate of drug-likeness (QED) is 0.0246. The van der Waals surface area contributed by atoms with Crippen LogP contribution >= 0.6 is 7.82 Å². The van der Waals surface area contributed by atoms with Crippen molar-refractivity contribution in [3.05, 3.63) is 24.3 Å². The van der Waals surface area contributed by atoms with E-state index in [9.17, 15) is 19.4 Å². The number of hydrogen-bond acceptors (Lipinski definition) is 5. The Labute approximate surface area is 341 Å². The van der Waals surface area contributed by atoms with Crippen molar-refractivity contribution in [2.45, 2.75) is 225 Å². The molecule has 326 valence electrons. The van der Waals surface area contributed by atoms with Crippen LogP contribution in [0.4, 0.5) is 0 Å². The van der Waals surface area contributed by atoms with Gasteiger partial charge in [0.1, 0.15) is 13.2 Å². The summed E-state index contributed by atoms with van der Waals surface area (Å²) in [5.41, 5.74) is 0. The number of quaternary nitrogens is 1. The molecule has 0 saturated carbocycles. The molecule has 0 radical (unpaired) electrons. The maximum absolute atomic E-state index is 12.8. The van der Waals surface area contributed by atoms with Crippen LogP contribution in [-0.4, -0.2) is 73.4 Å². The zero-order valence-electron chi connectivity index (χ0n) is 36.9. The van der Waals surface area contributed by atoms with E-state index in [2.05, 4.69) is 31.3 Å². The van der Waals surface area contributed by atoms with Crippen molar-refractivity contribution in [3.8, 4) is 0 Å². The number of hydrogen-bond donors (Lipinski definition) is 3. The molecule has 8 nitrogen and oxygen atoms in total. The van der Waals surface area contributed by atoms with Gasteiger partial charge in [-0.1, -0.05) is 199 Å². The standard InChI is InChI=1S/C46H91N2O6P/c1-6-8-10-12-14-16-18-19-20-21-22-23-24-25-26-27-28-29-30-32-34-36-38-40-46(50)47-44(43-54-55(51,52)53-42-41-48(3,4)5)45(49)39-37-35-33-31-17-15-13-11-9-7-2/h17,31,37,39,44-45,49H,6-16,18-30,32-36,38,40-43H2,1-5H3,(H-,47,50,51,52)/p+1/b31-17+,39-37+. The number of rotatable bonds is 42. The molecule has 1 amide bonds. The Kier molecular flexibility index (Phi) is 37.8. The lowest BCUT2D eigenvalue weighted by atomic mass is 10.0. The molecule has 0 aliphatic carbocycles. The molecule has 0 heterocycles. The highest BCUT2D eigenvalue weighted by atomic mass is 31.2. The van der Waals surface area contributed by atoms with Crippen molar-refractivity contribution < 1.29 is 32.9 Å². The minimum absolute atomic E-state index is 0.0580. The number of amides is 1. The first-order valence-electron chi connectivity index (χ1n) is 23.2. The molecule has 3 unspecified atom stereocenters. The average Bonchev–Trinajstić information content (AvgIpc) is 3.13. The van der Waals surface area contributed by atoms with Gasteiger partial charge in [-0.2, -0.15) is 0 Å². The smallest absolute Gasteiger partial charge is 0.387 e. The molecule has 0 rings (SSSR count). The number of phosphoric ester groups is 1. The van der Waals surface area contributed by atoms with E-state index in [0.29, 0.717) is 17.4 Å². The summed E-state index contributed by atoms with van der Waals surface area (Å²) in [6.07, 6.45) is 45.5. The van der Waals surface area contributed by atoms with Crippen molar-refractivity contribution >= 4 is 13.7 Å². The molecule has 0 aromatic carbocycles. The average molecular weight is 800 g/mol. The number of carbonyl (C=O) groups is 1. The molecule has 3 atom stereocenters. The highest BCUT2D eigenvalue weighted by molar-refractivity contribution is 7.47. The first-order valence-corrected chi connectivity index (χ1v) is 24.7. The molecule has 0 aliphatic heterocycles. The number of nitrogens with zero attached hydrogens (tertiary/aromatic N) is 1. The number of allylic oxidation sites excluding steroid dienone is 3. The largest absolute Gasteiger partial charge is 0.472 e. The predicted molar refractivity (Wildman–Crippen MR) is 235 cm³/mol. The topological polar surface area (TPSA) is 105 Å². The third kappa shape index (κ3) is 41.0. The molecular formula is C46H92N2O6P+. The highest BCUT2D eigenvalue weighted by Crippen LogP contribution is 2.43. The van der Waals surface area contributed by atoms with Crippen molar-refractivity contribution in [2.75, 3.05) is 40.9 Å². The molecule has 9 heteroatoms. The summed E-state index contributed by atoms with van der Waals surface area (Å²) in [6.45, 7) is 4.77. The Morgan fingerprint density at radius 1 is 0.600 bits per heavy atom. The summed E-state index contributed by atoms with van der Waals surface area (Å²) in [5, 5.41) is 13.8. The lowest BCUT2D eigenvalue weighted by Gasteiger charge is -2.25. The van der Waals surface area contributed by atoms with E-state index in [1.165, 1.54) is 154 Å². The molecule has 0 fully saturated rings. The lowest BCUT2D eigenvalue weighted by Crippen LogP contribution is -2.45. The molecule has 0 aliphatic rings. The Hall–Kier alpha value is -1.02. The van der Waals surface area contributed by atoms with Gasteiger partial charge in [-0.25, -0.2) is 4.57 Å². The van der Waals surface area contributed by atoms with E-state index < -0.39 is 20.0 Å². The molecule has 0 bridgehead atoms. The summed E-state index contributed by atoms with van der Waals surface area (Å²) in [4.78, 5) is 23.1. The fourth-order valence-electron chi connectivity index (χ4n) is 6.70. The van der Waals surface area contributed by atoms with Gasteiger partial charge in [-0.3, -0.25) is 13.8 Å². The van der Waals surface area contributed by atoms with Crippen LogP contribution in [0.5, 0.6) is 0 Å². The maximum Gasteiger partial charge on any atom is 0.472 e. The van der Waals surface area contributed by atoms with Crippen molar-refractivity contribution in [1.82, 2.24) is 5.32 Å². The predicted octanol–water partition coefficient (Wildman–Crippen LogP) is 12.9. The lowest BCUT2D eigenvalue weighted by molar-refractivity contribution is -0.870. The second kappa shape index (κ2) is 38.5. The fraction of sp³-hybridized carbons (Fsp3) is 0.891. The second-order valence-electron chi connectivity index (χ2n) is 17.1. The van der Waals surface area contributed by atoms with E-state index >= 15 is 0 Å². The van der Waals surface area contributed by atoms with Crippen LogP contribution in [0.3, 0.4) is 0 Å². The Balaban J connectivity index is 4.19. The van der Waals surface area contributed by atoms with E-state index in [-0.39, 0.29) is 19.1 Å². The van der Waals surface area contributed by atoms with Crippen LogP contribution in [0.1, 0.15) is 213 Å². The molecular weight excluding hydrogens is 707 g/mol. The molecule has 0 saturated heterocycles. The van der Waals surface area contributed by atoms with Crippen LogP contribution in [0, 0.1) is 0 Å². The minimum atomic E-state index is -4.34. The first-order chi connectivity index (χ1) is 26.5. The van der Waals surface area contributed by atoms with E-state index in [1.54, 1.807) is 6.08 Å². The molecule has 55 heavy (non-hydrogen) atoms. The van der Waals surface area contributed by atoms with Gasteiger partial charge in [-0.15, -0.1) is 0 Å². The molecule has 3 N–H and O–H groups in total. The number of unbranched alkanes of at least 4 members (excludes halogenated alkanes) is 27. The maximum atomic E-state index is 12.8. The van der Waals surface area contributed by atoms with Crippen molar-refractivity contribution in [1.29, 1.82) is 0 Å². The summed E-state index contributed by atoms with van der Waals surface area (Å²) in [6, 6.07) is -0.857. The van der Waals surface area contributed by atoms with E-state index in [1.807, 2.05) is 27.2 Å². The Bertz CT molecular complexity index is 953. The van der Waals surface area contributed by atoms with Crippen LogP contribution in [0.15, 0.2) is 24.3 Å². The van der Waals surface area contributed by atoms with Gasteiger partial charge in [0.25, 0.3) is 0 Å². The third-order valence-electron chi connectivity index (χ3n) is 10.4. The number of aliphatic hydroxyl groups is 1. The number of carbonyl (C=O) groups excluding carboxylic acids is 1. The van der Waals surface area contributed by atoms with Crippen LogP contribution < -0.4 is 5.32 Å². The summed E-state index contributed by atoms with van der Waals surface area (Å²) in [5.74, 6) is -0.186. The summed E-state index contributed by atoms with van der Waals surface area (Å²) in [7, 11) is 1.56. The van der Waals surface area contributed by atoms with Crippen molar-refractivity contribution in [2.24, 2.45) is 0 Å². The molecule has 0 aromatic rings. The van der Waals surface area contributed by atoms with E-state index in [0.717, 1.165) is 38.5 Å². The van der Waals surface area contributed by atoms with Gasteiger partial charge >= 0.3 is 7.82 Å². The second-order valence-corrected chi connectivity index (χ2v) is 18.6. The third-order valence-corrected chi connectivity index (χ3v) is 11.4. The zero-order valence-corrected chi connectivity index (χ0v) is 37.8. The minimum Gasteiger partial charge on any atom is -0.387 e. The number of aliphatic hydroxyl groups excluding tert-OH is 1. The van der Waals surface area contributed by atoms with Crippen LogP contribution in [-0.2, 0) is 18.4 Å². The van der Waals surface area contributed by atoms with Gasteiger partial charge in [0.05, 0.1) is 39.9 Å². The van der Waals surface area contributed by atoms with Gasteiger partial charge < -0.3 is 19.8 Å². The fourth-order valence-corrected chi connectivity index (χ4v) is 7.44. The van der Waals surface area contributed by atoms with Crippen LogP contribution in [0.2, 0.25) is 0 Å². The van der Waals surface area contributed by atoms with Crippen LogP contribution in [0.25, 0.3) is 0 Å². The number of likely N-dealkylation sites (N-methyl/N-ethyl adjacent to an activating group) is 1. The Morgan fingerprint density at radius 3 is 1.45 bits per heavy atom. The summed E-state index contributed by atoms with van der Waals surface area (Å²) < 4.78 is 23.5. The van der Waals surface area contributed by atoms with E-state index in [4.69, 9.17) is 9.05 Å². The zero-order chi connectivity index (χ0) is 40.7. The Morgan fingerprint density at radius 2 is 1.00 bits per heavy atom.